The highest BCUT2D eigenvalue weighted by atomic mass is 32.2. The Bertz CT molecular complexity index is 976. The zero-order chi connectivity index (χ0) is 17.2. The molecule has 0 radical (unpaired) electrons. The number of fused-ring (bicyclic) bond motifs is 1. The average molecular weight is 360 g/mol. The molecular weight excluding hydrogens is 344 g/mol. The lowest BCUT2D eigenvalue weighted by atomic mass is 10.2. The number of benzene rings is 2. The van der Waals surface area contributed by atoms with Crippen molar-refractivity contribution in [3.8, 4) is 0 Å². The summed E-state index contributed by atoms with van der Waals surface area (Å²) in [7, 11) is -3.46. The van der Waals surface area contributed by atoms with Crippen LogP contribution in [-0.4, -0.2) is 25.1 Å². The molecule has 24 heavy (non-hydrogen) atoms. The van der Waals surface area contributed by atoms with Gasteiger partial charge in [-0.3, -0.25) is 4.79 Å². The summed E-state index contributed by atoms with van der Waals surface area (Å²) in [5.41, 5.74) is 4.16. The minimum Gasteiger partial charge on any atom is -0.326 e. The molecule has 2 aromatic carbocycles. The van der Waals surface area contributed by atoms with Crippen LogP contribution in [0.3, 0.4) is 0 Å². The van der Waals surface area contributed by atoms with Crippen LogP contribution in [0.5, 0.6) is 0 Å². The number of hydrogen-bond donors (Lipinski definition) is 1. The molecule has 0 aliphatic heterocycles. The summed E-state index contributed by atoms with van der Waals surface area (Å²) in [5.74, 6) is -0.554. The van der Waals surface area contributed by atoms with Gasteiger partial charge in [0.1, 0.15) is 0 Å². The van der Waals surface area contributed by atoms with Gasteiger partial charge in [-0.1, -0.05) is 17.7 Å². The molecule has 1 N–H and O–H groups in total. The lowest BCUT2D eigenvalue weighted by molar-refractivity contribution is -0.115. The van der Waals surface area contributed by atoms with Crippen LogP contribution < -0.4 is 5.32 Å². The lowest BCUT2D eigenvalue weighted by Crippen LogP contribution is -2.17. The van der Waals surface area contributed by atoms with Gasteiger partial charge in [0.2, 0.25) is 5.91 Å². The third kappa shape index (κ3) is 3.80. The Morgan fingerprint density at radius 3 is 2.67 bits per heavy atom. The zero-order valence-electron chi connectivity index (χ0n) is 13.0. The molecule has 0 aliphatic carbocycles. The third-order valence-corrected chi connectivity index (χ3v) is 6.13. The van der Waals surface area contributed by atoms with E-state index in [1.807, 2.05) is 13.0 Å². The number of anilines is 1. The standard InChI is InChI=1S/C17H16N2O3S2/c1-12-2-5-14(6-3-12)24(21,22)9-8-17(20)19-13-4-7-16-15(10-13)18-11-23-16/h2-7,10-11H,8-9H2,1H3,(H,19,20). The van der Waals surface area contributed by atoms with E-state index in [2.05, 4.69) is 10.3 Å². The summed E-state index contributed by atoms with van der Waals surface area (Å²) in [6.45, 7) is 1.89. The van der Waals surface area contributed by atoms with Crippen LogP contribution in [0.15, 0.2) is 52.9 Å². The van der Waals surface area contributed by atoms with E-state index >= 15 is 0 Å². The maximum absolute atomic E-state index is 12.3. The summed E-state index contributed by atoms with van der Waals surface area (Å²) < 4.78 is 25.5. The largest absolute Gasteiger partial charge is 0.326 e. The quantitative estimate of drug-likeness (QED) is 0.756. The normalized spacial score (nSPS) is 11.5. The van der Waals surface area contributed by atoms with Crippen molar-refractivity contribution in [2.45, 2.75) is 18.2 Å². The molecule has 0 atom stereocenters. The van der Waals surface area contributed by atoms with Gasteiger partial charge in [0.05, 0.1) is 26.4 Å². The van der Waals surface area contributed by atoms with E-state index in [-0.39, 0.29) is 23.0 Å². The Morgan fingerprint density at radius 1 is 1.17 bits per heavy atom. The SMILES string of the molecule is Cc1ccc(S(=O)(=O)CCC(=O)Nc2ccc3scnc3c2)cc1. The van der Waals surface area contributed by atoms with E-state index in [0.717, 1.165) is 15.8 Å². The van der Waals surface area contributed by atoms with Crippen molar-refractivity contribution >= 4 is 43.0 Å². The van der Waals surface area contributed by atoms with Crippen LogP contribution in [0, 0.1) is 6.92 Å². The smallest absolute Gasteiger partial charge is 0.225 e. The predicted octanol–water partition coefficient (Wildman–Crippen LogP) is 3.41. The molecule has 0 saturated heterocycles. The fourth-order valence-corrected chi connectivity index (χ4v) is 4.15. The van der Waals surface area contributed by atoms with E-state index < -0.39 is 9.84 Å². The van der Waals surface area contributed by atoms with Gasteiger partial charge in [-0.15, -0.1) is 11.3 Å². The first-order valence-electron chi connectivity index (χ1n) is 7.36. The highest BCUT2D eigenvalue weighted by Crippen LogP contribution is 2.21. The van der Waals surface area contributed by atoms with Crippen molar-refractivity contribution in [2.75, 3.05) is 11.1 Å². The molecule has 0 aliphatic rings. The number of sulfone groups is 1. The Morgan fingerprint density at radius 2 is 1.92 bits per heavy atom. The molecule has 0 spiro atoms. The Hall–Kier alpha value is -2.25. The summed E-state index contributed by atoms with van der Waals surface area (Å²) in [4.78, 5) is 16.5. The Balaban J connectivity index is 1.63. The number of aromatic nitrogens is 1. The Kier molecular flexibility index (Phi) is 4.64. The Labute approximate surface area is 144 Å². The summed E-state index contributed by atoms with van der Waals surface area (Å²) >= 11 is 1.52. The van der Waals surface area contributed by atoms with E-state index in [9.17, 15) is 13.2 Å². The van der Waals surface area contributed by atoms with Crippen molar-refractivity contribution in [1.82, 2.24) is 4.98 Å². The minimum atomic E-state index is -3.46. The van der Waals surface area contributed by atoms with Crippen LogP contribution in [0.2, 0.25) is 0 Å². The molecule has 0 saturated carbocycles. The van der Waals surface area contributed by atoms with Crippen molar-refractivity contribution < 1.29 is 13.2 Å². The number of thiazole rings is 1. The maximum Gasteiger partial charge on any atom is 0.225 e. The zero-order valence-corrected chi connectivity index (χ0v) is 14.7. The van der Waals surface area contributed by atoms with Crippen molar-refractivity contribution in [1.29, 1.82) is 0 Å². The fraction of sp³-hybridized carbons (Fsp3) is 0.176. The van der Waals surface area contributed by atoms with Crippen molar-refractivity contribution in [3.63, 3.8) is 0 Å². The number of aryl methyl sites for hydroxylation is 1. The second-order valence-corrected chi connectivity index (χ2v) is 8.46. The van der Waals surface area contributed by atoms with Crippen molar-refractivity contribution in [3.05, 3.63) is 53.5 Å². The van der Waals surface area contributed by atoms with Gasteiger partial charge in [-0.05, 0) is 37.3 Å². The van der Waals surface area contributed by atoms with Crippen LogP contribution in [0.25, 0.3) is 10.2 Å². The van der Waals surface area contributed by atoms with Crippen LogP contribution in [-0.2, 0) is 14.6 Å². The molecule has 3 aromatic rings. The second-order valence-electron chi connectivity index (χ2n) is 5.46. The monoisotopic (exact) mass is 360 g/mol. The number of carbonyl (C=O) groups is 1. The molecule has 1 aromatic heterocycles. The summed E-state index contributed by atoms with van der Waals surface area (Å²) in [6.07, 6.45) is -0.0920. The van der Waals surface area contributed by atoms with Gasteiger partial charge in [0.25, 0.3) is 0 Å². The molecule has 0 fully saturated rings. The number of nitrogens with one attached hydrogen (secondary N) is 1. The molecule has 3 rings (SSSR count). The molecule has 7 heteroatoms. The van der Waals surface area contributed by atoms with E-state index in [0.29, 0.717) is 5.69 Å². The van der Waals surface area contributed by atoms with Gasteiger partial charge < -0.3 is 5.32 Å². The molecular formula is C17H16N2O3S2. The molecule has 5 nitrogen and oxygen atoms in total. The van der Waals surface area contributed by atoms with Gasteiger partial charge in [0, 0.05) is 12.1 Å². The summed E-state index contributed by atoms with van der Waals surface area (Å²) in [6, 6.07) is 12.1. The van der Waals surface area contributed by atoms with E-state index in [4.69, 9.17) is 0 Å². The van der Waals surface area contributed by atoms with E-state index in [1.165, 1.54) is 11.3 Å². The minimum absolute atomic E-state index is 0.0920. The molecule has 0 unspecified atom stereocenters. The van der Waals surface area contributed by atoms with Gasteiger partial charge in [-0.2, -0.15) is 0 Å². The van der Waals surface area contributed by atoms with Gasteiger partial charge in [-0.25, -0.2) is 13.4 Å². The van der Waals surface area contributed by atoms with Crippen LogP contribution in [0.4, 0.5) is 5.69 Å². The topological polar surface area (TPSA) is 76.1 Å². The first-order chi connectivity index (χ1) is 11.4. The molecule has 0 bridgehead atoms. The lowest BCUT2D eigenvalue weighted by Gasteiger charge is -2.07. The first-order valence-corrected chi connectivity index (χ1v) is 9.90. The second kappa shape index (κ2) is 6.70. The first kappa shape index (κ1) is 16.6. The maximum atomic E-state index is 12.3. The molecule has 1 amide bonds. The highest BCUT2D eigenvalue weighted by Gasteiger charge is 2.16. The van der Waals surface area contributed by atoms with Gasteiger partial charge >= 0.3 is 0 Å². The van der Waals surface area contributed by atoms with Gasteiger partial charge in [0.15, 0.2) is 9.84 Å². The third-order valence-electron chi connectivity index (χ3n) is 3.59. The number of hydrogen-bond acceptors (Lipinski definition) is 5. The number of nitrogens with zero attached hydrogens (tertiary/aromatic N) is 1. The van der Waals surface area contributed by atoms with Crippen LogP contribution in [0.1, 0.15) is 12.0 Å². The fourth-order valence-electron chi connectivity index (χ4n) is 2.25. The average Bonchev–Trinajstić information content (AvgIpc) is 3.01. The molecule has 1 heterocycles. The molecule has 124 valence electrons. The highest BCUT2D eigenvalue weighted by molar-refractivity contribution is 7.91. The van der Waals surface area contributed by atoms with Crippen LogP contribution >= 0.6 is 11.3 Å². The predicted molar refractivity (Wildman–Crippen MR) is 96.1 cm³/mol. The van der Waals surface area contributed by atoms with Crippen molar-refractivity contribution in [2.24, 2.45) is 0 Å². The number of amides is 1. The summed E-state index contributed by atoms with van der Waals surface area (Å²) in [5, 5.41) is 2.72. The number of carbonyl (C=O) groups excluding carboxylic acids is 1. The van der Waals surface area contributed by atoms with E-state index in [1.54, 1.807) is 41.9 Å². The number of rotatable bonds is 5.